The van der Waals surface area contributed by atoms with Crippen LogP contribution in [0.2, 0.25) is 0 Å². The molecule has 0 aromatic rings. The molecule has 2 aliphatic rings. The van der Waals surface area contributed by atoms with Crippen LogP contribution in [0, 0.1) is 5.92 Å². The molecule has 4 atom stereocenters. The van der Waals surface area contributed by atoms with Crippen molar-refractivity contribution in [3.05, 3.63) is 0 Å². The highest BCUT2D eigenvalue weighted by Crippen LogP contribution is 2.27. The van der Waals surface area contributed by atoms with Crippen LogP contribution in [0.1, 0.15) is 32.1 Å². The molecule has 0 aromatic heterocycles. The fraction of sp³-hybridized carbons (Fsp3) is 0.800. The van der Waals surface area contributed by atoms with E-state index in [0.717, 1.165) is 25.8 Å². The van der Waals surface area contributed by atoms with E-state index in [2.05, 4.69) is 4.90 Å². The fourth-order valence-electron chi connectivity index (χ4n) is 3.10. The van der Waals surface area contributed by atoms with Gasteiger partial charge in [-0.2, -0.15) is 0 Å². The molecule has 0 spiro atoms. The van der Waals surface area contributed by atoms with Crippen molar-refractivity contribution in [2.75, 3.05) is 19.7 Å². The van der Waals surface area contributed by atoms with Crippen LogP contribution >= 0.6 is 0 Å². The maximum atomic E-state index is 11.5. The summed E-state index contributed by atoms with van der Waals surface area (Å²) in [6.07, 6.45) is 0.323. The Morgan fingerprint density at radius 1 is 1.29 bits per heavy atom. The average Bonchev–Trinajstić information content (AvgIpc) is 3.01. The number of carbonyl (C=O) groups is 3. The van der Waals surface area contributed by atoms with E-state index in [1.54, 1.807) is 0 Å². The van der Waals surface area contributed by atoms with Crippen molar-refractivity contribution in [1.82, 2.24) is 4.90 Å². The lowest BCUT2D eigenvalue weighted by Crippen LogP contribution is -2.46. The van der Waals surface area contributed by atoms with E-state index in [1.165, 1.54) is 0 Å². The summed E-state index contributed by atoms with van der Waals surface area (Å²) in [7, 11) is 0. The number of carbonyl (C=O) groups excluding carboxylic acids is 2. The first-order valence-corrected chi connectivity index (χ1v) is 8.12. The smallest absolute Gasteiger partial charge is 0.335 e. The number of carboxylic acids is 1. The van der Waals surface area contributed by atoms with Gasteiger partial charge in [-0.3, -0.25) is 14.5 Å². The van der Waals surface area contributed by atoms with Gasteiger partial charge in [0.15, 0.2) is 6.10 Å². The van der Waals surface area contributed by atoms with E-state index in [4.69, 9.17) is 20.3 Å². The van der Waals surface area contributed by atoms with E-state index >= 15 is 0 Å². The minimum Gasteiger partial charge on any atom is -0.481 e. The maximum Gasteiger partial charge on any atom is 0.335 e. The Morgan fingerprint density at radius 3 is 2.71 bits per heavy atom. The summed E-state index contributed by atoms with van der Waals surface area (Å²) in [5, 5.41) is 17.9. The summed E-state index contributed by atoms with van der Waals surface area (Å²) < 4.78 is 10.8. The number of hydrogen-bond acceptors (Lipinski definition) is 7. The number of piperidine rings is 1. The molecule has 4 N–H and O–H groups in total. The molecule has 2 aliphatic heterocycles. The molecule has 9 nitrogen and oxygen atoms in total. The number of nitrogens with two attached hydrogens (primary N) is 1. The topological polar surface area (TPSA) is 139 Å². The molecule has 0 bridgehead atoms. The molecule has 2 rings (SSSR count). The van der Waals surface area contributed by atoms with Gasteiger partial charge in [0.05, 0.1) is 18.4 Å². The third kappa shape index (κ3) is 5.15. The zero-order valence-electron chi connectivity index (χ0n) is 13.4. The largest absolute Gasteiger partial charge is 0.481 e. The molecule has 1 unspecified atom stereocenters. The molecule has 2 fully saturated rings. The zero-order chi connectivity index (χ0) is 17.7. The Labute approximate surface area is 139 Å². The average molecular weight is 344 g/mol. The van der Waals surface area contributed by atoms with Gasteiger partial charge in [-0.25, -0.2) is 4.79 Å². The number of likely N-dealkylation sites (tertiary alicyclic amines) is 1. The minimum atomic E-state index is -1.67. The van der Waals surface area contributed by atoms with Crippen LogP contribution in [0.5, 0.6) is 0 Å². The summed E-state index contributed by atoms with van der Waals surface area (Å²) in [5.41, 5.74) is 5.37. The SMILES string of the molecule is NC(=O)C1CCCN([C@H]2CC[C@@H](COC(=O)[C@@H](O)CC(=O)O)O2)C1. The van der Waals surface area contributed by atoms with Crippen molar-refractivity contribution in [2.24, 2.45) is 11.7 Å². The molecule has 136 valence electrons. The second kappa shape index (κ2) is 8.41. The number of carboxylic acid groups (broad SMARTS) is 1. The van der Waals surface area contributed by atoms with Gasteiger partial charge in [0, 0.05) is 13.1 Å². The van der Waals surface area contributed by atoms with E-state index < -0.39 is 24.5 Å². The van der Waals surface area contributed by atoms with E-state index in [9.17, 15) is 19.5 Å². The number of amides is 1. The monoisotopic (exact) mass is 344 g/mol. The number of ether oxygens (including phenoxy) is 2. The molecule has 9 heteroatoms. The van der Waals surface area contributed by atoms with E-state index in [0.29, 0.717) is 13.0 Å². The second-order valence-corrected chi connectivity index (χ2v) is 6.27. The van der Waals surface area contributed by atoms with Gasteiger partial charge in [0.25, 0.3) is 0 Å². The van der Waals surface area contributed by atoms with Gasteiger partial charge in [0.2, 0.25) is 5.91 Å². The molecular formula is C15H24N2O7. The van der Waals surface area contributed by atoms with Gasteiger partial charge in [0.1, 0.15) is 12.8 Å². The highest BCUT2D eigenvalue weighted by Gasteiger charge is 2.35. The lowest BCUT2D eigenvalue weighted by atomic mass is 9.97. The number of esters is 1. The van der Waals surface area contributed by atoms with Crippen molar-refractivity contribution in [1.29, 1.82) is 0 Å². The molecule has 0 aliphatic carbocycles. The number of aliphatic carboxylic acids is 1. The number of aliphatic hydroxyl groups excluding tert-OH is 1. The number of primary amides is 1. The number of aliphatic hydroxyl groups is 1. The third-order valence-electron chi connectivity index (χ3n) is 4.40. The highest BCUT2D eigenvalue weighted by atomic mass is 16.6. The Bertz CT molecular complexity index is 484. The van der Waals surface area contributed by atoms with Crippen LogP contribution < -0.4 is 5.73 Å². The van der Waals surface area contributed by atoms with E-state index in [1.807, 2.05) is 0 Å². The predicted octanol–water partition coefficient (Wildman–Crippen LogP) is -0.932. The molecule has 1 amide bonds. The highest BCUT2D eigenvalue weighted by molar-refractivity contribution is 5.80. The third-order valence-corrected chi connectivity index (χ3v) is 4.40. The number of rotatable bonds is 7. The second-order valence-electron chi connectivity index (χ2n) is 6.27. The van der Waals surface area contributed by atoms with Crippen molar-refractivity contribution in [2.45, 2.75) is 50.5 Å². The summed E-state index contributed by atoms with van der Waals surface area (Å²) in [6, 6.07) is 0. The first-order chi connectivity index (χ1) is 11.4. The van der Waals surface area contributed by atoms with Crippen molar-refractivity contribution >= 4 is 17.8 Å². The van der Waals surface area contributed by atoms with Crippen molar-refractivity contribution < 1.29 is 34.1 Å². The lowest BCUT2D eigenvalue weighted by molar-refractivity contribution is -0.163. The molecule has 0 radical (unpaired) electrons. The van der Waals surface area contributed by atoms with Crippen LogP contribution in [0.4, 0.5) is 0 Å². The summed E-state index contributed by atoms with van der Waals surface area (Å²) >= 11 is 0. The minimum absolute atomic E-state index is 0.0287. The van der Waals surface area contributed by atoms with Gasteiger partial charge in [-0.05, 0) is 25.7 Å². The van der Waals surface area contributed by atoms with Crippen LogP contribution in [-0.2, 0) is 23.9 Å². The Morgan fingerprint density at radius 2 is 2.04 bits per heavy atom. The maximum absolute atomic E-state index is 11.5. The quantitative estimate of drug-likeness (QED) is 0.503. The van der Waals surface area contributed by atoms with Crippen LogP contribution in [0.25, 0.3) is 0 Å². The molecule has 0 aromatic carbocycles. The Balaban J connectivity index is 1.74. The zero-order valence-corrected chi connectivity index (χ0v) is 13.4. The molecule has 24 heavy (non-hydrogen) atoms. The van der Waals surface area contributed by atoms with Gasteiger partial charge in [-0.1, -0.05) is 0 Å². The van der Waals surface area contributed by atoms with Gasteiger partial charge >= 0.3 is 11.9 Å². The molecule has 0 saturated carbocycles. The van der Waals surface area contributed by atoms with Crippen molar-refractivity contribution in [3.8, 4) is 0 Å². The molecule has 2 heterocycles. The first kappa shape index (κ1) is 18.6. The van der Waals surface area contributed by atoms with Crippen LogP contribution in [0.3, 0.4) is 0 Å². The Kier molecular flexibility index (Phi) is 6.52. The van der Waals surface area contributed by atoms with Gasteiger partial charge < -0.3 is 25.4 Å². The van der Waals surface area contributed by atoms with Crippen molar-refractivity contribution in [3.63, 3.8) is 0 Å². The van der Waals surface area contributed by atoms with E-state index in [-0.39, 0.29) is 30.8 Å². The number of nitrogens with zero attached hydrogens (tertiary/aromatic N) is 1. The Hall–Kier alpha value is -1.71. The van der Waals surface area contributed by atoms with Crippen LogP contribution in [-0.4, -0.2) is 71.1 Å². The summed E-state index contributed by atoms with van der Waals surface area (Å²) in [5.74, 6) is -2.69. The summed E-state index contributed by atoms with van der Waals surface area (Å²) in [6.45, 7) is 1.38. The lowest BCUT2D eigenvalue weighted by Gasteiger charge is -2.35. The predicted molar refractivity (Wildman–Crippen MR) is 80.6 cm³/mol. The molecule has 2 saturated heterocycles. The standard InChI is InChI=1S/C15H24N2O7/c16-14(21)9-2-1-5-17(7-9)12-4-3-10(24-12)8-23-15(22)11(18)6-13(19)20/h9-12,18H,1-8H2,(H2,16,21)(H,19,20)/t9?,10-,11-,12+/m0/s1. The summed E-state index contributed by atoms with van der Waals surface area (Å²) in [4.78, 5) is 35.3. The van der Waals surface area contributed by atoms with Crippen LogP contribution in [0.15, 0.2) is 0 Å². The normalized spacial score (nSPS) is 29.1. The number of hydrogen-bond donors (Lipinski definition) is 3. The molecular weight excluding hydrogens is 320 g/mol. The van der Waals surface area contributed by atoms with Gasteiger partial charge in [-0.15, -0.1) is 0 Å². The first-order valence-electron chi connectivity index (χ1n) is 8.12. The fourth-order valence-corrected chi connectivity index (χ4v) is 3.10.